The Morgan fingerprint density at radius 2 is 1.78 bits per heavy atom. The number of ether oxygens (including phenoxy) is 3. The number of carbonyl (C=O) groups is 1. The second kappa shape index (κ2) is 10.4. The summed E-state index contributed by atoms with van der Waals surface area (Å²) in [5.41, 5.74) is 1.37. The number of carboxylic acids is 1. The molecule has 0 aliphatic rings. The SMILES string of the molecule is CCn1c(S/C(=C/c2ccc(OC)c(Cl)c2)C(=O)O)nnc1-c1cc(OC)cc(OC)c1. The first-order valence-electron chi connectivity index (χ1n) is 9.53. The fraction of sp³-hybridized carbons (Fsp3) is 0.227. The van der Waals surface area contributed by atoms with Gasteiger partial charge in [0.2, 0.25) is 0 Å². The van der Waals surface area contributed by atoms with E-state index < -0.39 is 5.97 Å². The normalized spacial score (nSPS) is 11.3. The molecule has 0 amide bonds. The monoisotopic (exact) mass is 475 g/mol. The smallest absolute Gasteiger partial charge is 0.342 e. The summed E-state index contributed by atoms with van der Waals surface area (Å²) in [7, 11) is 4.65. The molecule has 0 saturated heterocycles. The third-order valence-corrected chi connectivity index (χ3v) is 5.82. The fourth-order valence-electron chi connectivity index (χ4n) is 2.96. The van der Waals surface area contributed by atoms with Crippen LogP contribution in [0.25, 0.3) is 17.5 Å². The molecule has 10 heteroatoms. The number of aromatic nitrogens is 3. The molecule has 0 fully saturated rings. The van der Waals surface area contributed by atoms with Gasteiger partial charge in [-0.1, -0.05) is 17.7 Å². The Labute approximate surface area is 194 Å². The maximum Gasteiger partial charge on any atom is 0.342 e. The van der Waals surface area contributed by atoms with Crippen molar-refractivity contribution in [2.75, 3.05) is 21.3 Å². The van der Waals surface area contributed by atoms with Crippen molar-refractivity contribution < 1.29 is 24.1 Å². The number of benzene rings is 2. The minimum Gasteiger partial charge on any atom is -0.497 e. The van der Waals surface area contributed by atoms with E-state index in [1.807, 2.05) is 23.6 Å². The highest BCUT2D eigenvalue weighted by atomic mass is 35.5. The highest BCUT2D eigenvalue weighted by Crippen LogP contribution is 2.34. The molecule has 32 heavy (non-hydrogen) atoms. The first-order chi connectivity index (χ1) is 15.4. The molecule has 0 unspecified atom stereocenters. The van der Waals surface area contributed by atoms with Crippen molar-refractivity contribution in [1.29, 1.82) is 0 Å². The summed E-state index contributed by atoms with van der Waals surface area (Å²) in [6.07, 6.45) is 1.53. The molecule has 3 aromatic rings. The molecule has 0 bridgehead atoms. The van der Waals surface area contributed by atoms with Gasteiger partial charge in [0.15, 0.2) is 11.0 Å². The number of hydrogen-bond donors (Lipinski definition) is 1. The van der Waals surface area contributed by atoms with Crippen LogP contribution in [0.5, 0.6) is 17.2 Å². The maximum absolute atomic E-state index is 11.9. The van der Waals surface area contributed by atoms with E-state index >= 15 is 0 Å². The zero-order valence-corrected chi connectivity index (χ0v) is 19.5. The number of methoxy groups -OCH3 is 3. The quantitative estimate of drug-likeness (QED) is 0.346. The molecule has 3 rings (SSSR count). The lowest BCUT2D eigenvalue weighted by molar-refractivity contribution is -0.131. The molecule has 1 aromatic heterocycles. The molecule has 1 N–H and O–H groups in total. The molecule has 0 radical (unpaired) electrons. The van der Waals surface area contributed by atoms with E-state index in [2.05, 4.69) is 10.2 Å². The second-order valence-electron chi connectivity index (χ2n) is 6.46. The summed E-state index contributed by atoms with van der Waals surface area (Å²) in [6, 6.07) is 10.5. The van der Waals surface area contributed by atoms with E-state index in [-0.39, 0.29) is 4.91 Å². The van der Waals surface area contributed by atoms with Gasteiger partial charge in [0, 0.05) is 18.2 Å². The van der Waals surface area contributed by atoms with Gasteiger partial charge in [0.25, 0.3) is 0 Å². The van der Waals surface area contributed by atoms with Gasteiger partial charge in [-0.15, -0.1) is 10.2 Å². The number of hydrogen-bond acceptors (Lipinski definition) is 7. The van der Waals surface area contributed by atoms with Crippen LogP contribution in [0, 0.1) is 0 Å². The van der Waals surface area contributed by atoms with Crippen LogP contribution < -0.4 is 14.2 Å². The van der Waals surface area contributed by atoms with Gasteiger partial charge in [-0.2, -0.15) is 0 Å². The predicted molar refractivity (Wildman–Crippen MR) is 124 cm³/mol. The summed E-state index contributed by atoms with van der Waals surface area (Å²) < 4.78 is 17.6. The van der Waals surface area contributed by atoms with Crippen molar-refractivity contribution in [3.8, 4) is 28.6 Å². The van der Waals surface area contributed by atoms with Crippen LogP contribution >= 0.6 is 23.4 Å². The first-order valence-corrected chi connectivity index (χ1v) is 10.7. The van der Waals surface area contributed by atoms with Gasteiger partial charge in [0.05, 0.1) is 26.4 Å². The van der Waals surface area contributed by atoms with Crippen LogP contribution in [0.4, 0.5) is 0 Å². The highest BCUT2D eigenvalue weighted by Gasteiger charge is 2.19. The summed E-state index contributed by atoms with van der Waals surface area (Å²) in [5.74, 6) is 1.22. The topological polar surface area (TPSA) is 95.7 Å². The van der Waals surface area contributed by atoms with Crippen molar-refractivity contribution >= 4 is 35.4 Å². The molecule has 0 aliphatic heterocycles. The Kier molecular flexibility index (Phi) is 7.66. The van der Waals surface area contributed by atoms with E-state index in [0.717, 1.165) is 17.3 Å². The van der Waals surface area contributed by atoms with Crippen molar-refractivity contribution in [2.45, 2.75) is 18.6 Å². The van der Waals surface area contributed by atoms with E-state index in [1.54, 1.807) is 38.5 Å². The van der Waals surface area contributed by atoms with E-state index in [0.29, 0.717) is 45.4 Å². The van der Waals surface area contributed by atoms with Gasteiger partial charge in [-0.25, -0.2) is 4.79 Å². The number of nitrogens with zero attached hydrogens (tertiary/aromatic N) is 3. The fourth-order valence-corrected chi connectivity index (χ4v) is 4.11. The largest absolute Gasteiger partial charge is 0.497 e. The molecule has 0 spiro atoms. The Morgan fingerprint density at radius 1 is 1.09 bits per heavy atom. The van der Waals surface area contributed by atoms with Crippen LogP contribution in [0.2, 0.25) is 5.02 Å². The molecular formula is C22H22ClN3O5S. The van der Waals surface area contributed by atoms with Crippen molar-refractivity contribution in [3.63, 3.8) is 0 Å². The van der Waals surface area contributed by atoms with Crippen LogP contribution in [0.1, 0.15) is 12.5 Å². The number of thioether (sulfide) groups is 1. The molecular weight excluding hydrogens is 454 g/mol. The van der Waals surface area contributed by atoms with Crippen LogP contribution in [-0.2, 0) is 11.3 Å². The first kappa shape index (κ1) is 23.5. The van der Waals surface area contributed by atoms with E-state index in [4.69, 9.17) is 25.8 Å². The summed E-state index contributed by atoms with van der Waals surface area (Å²) in [6.45, 7) is 2.47. The Morgan fingerprint density at radius 3 is 2.31 bits per heavy atom. The average Bonchev–Trinajstić information content (AvgIpc) is 3.20. The lowest BCUT2D eigenvalue weighted by Gasteiger charge is -2.10. The lowest BCUT2D eigenvalue weighted by Crippen LogP contribution is -2.03. The third kappa shape index (κ3) is 5.17. The lowest BCUT2D eigenvalue weighted by atomic mass is 10.2. The number of carboxylic acid groups (broad SMARTS) is 1. The molecule has 2 aromatic carbocycles. The molecule has 0 aliphatic carbocycles. The molecule has 168 valence electrons. The number of halogens is 1. The predicted octanol–water partition coefficient (Wildman–Crippen LogP) is 4.86. The van der Waals surface area contributed by atoms with Gasteiger partial charge in [-0.3, -0.25) is 0 Å². The highest BCUT2D eigenvalue weighted by molar-refractivity contribution is 8.04. The van der Waals surface area contributed by atoms with Crippen LogP contribution in [0.15, 0.2) is 46.5 Å². The Hall–Kier alpha value is -3.17. The van der Waals surface area contributed by atoms with Crippen LogP contribution in [0.3, 0.4) is 0 Å². The maximum atomic E-state index is 11.9. The summed E-state index contributed by atoms with van der Waals surface area (Å²) in [5, 5.41) is 19.1. The third-order valence-electron chi connectivity index (χ3n) is 4.53. The summed E-state index contributed by atoms with van der Waals surface area (Å²) >= 11 is 7.17. The molecule has 1 heterocycles. The summed E-state index contributed by atoms with van der Waals surface area (Å²) in [4.78, 5) is 12.0. The van der Waals surface area contributed by atoms with Gasteiger partial charge in [-0.05, 0) is 54.6 Å². The standard InChI is InChI=1S/C22H22ClN3O5S/c1-5-26-20(14-10-15(29-2)12-16(11-14)30-3)24-25-22(26)32-19(21(27)28)9-13-6-7-18(31-4)17(23)8-13/h6-12H,5H2,1-4H3,(H,27,28)/b19-9+. The van der Waals surface area contributed by atoms with Crippen molar-refractivity contribution in [2.24, 2.45) is 0 Å². The minimum absolute atomic E-state index is 0.0723. The average molecular weight is 476 g/mol. The Bertz CT molecular complexity index is 1140. The number of rotatable bonds is 9. The van der Waals surface area contributed by atoms with E-state index in [1.165, 1.54) is 13.2 Å². The van der Waals surface area contributed by atoms with Crippen molar-refractivity contribution in [3.05, 3.63) is 51.9 Å². The molecule has 0 saturated carbocycles. The zero-order valence-electron chi connectivity index (χ0n) is 18.0. The van der Waals surface area contributed by atoms with E-state index in [9.17, 15) is 9.90 Å². The van der Waals surface area contributed by atoms with Gasteiger partial charge < -0.3 is 23.9 Å². The van der Waals surface area contributed by atoms with Gasteiger partial charge in [0.1, 0.15) is 22.2 Å². The second-order valence-corrected chi connectivity index (χ2v) is 7.88. The number of aliphatic carboxylic acids is 1. The zero-order chi connectivity index (χ0) is 23.3. The van der Waals surface area contributed by atoms with Crippen molar-refractivity contribution in [1.82, 2.24) is 14.8 Å². The minimum atomic E-state index is -1.09. The molecule has 0 atom stereocenters. The molecule has 8 nitrogen and oxygen atoms in total. The van der Waals surface area contributed by atoms with Crippen LogP contribution in [-0.4, -0.2) is 47.2 Å². The van der Waals surface area contributed by atoms with Gasteiger partial charge >= 0.3 is 5.97 Å². The Balaban J connectivity index is 1.99.